The molecule has 6 nitrogen and oxygen atoms in total. The van der Waals surface area contributed by atoms with E-state index in [1.165, 1.54) is 7.11 Å². The summed E-state index contributed by atoms with van der Waals surface area (Å²) in [6, 6.07) is 11.7. The summed E-state index contributed by atoms with van der Waals surface area (Å²) in [4.78, 5) is 36.7. The third kappa shape index (κ3) is 5.34. The van der Waals surface area contributed by atoms with Crippen LogP contribution < -0.4 is 10.9 Å². The number of benzene rings is 1. The van der Waals surface area contributed by atoms with Crippen LogP contribution in [0.3, 0.4) is 0 Å². The van der Waals surface area contributed by atoms with Gasteiger partial charge in [-0.25, -0.2) is 4.79 Å². The van der Waals surface area contributed by atoms with Crippen molar-refractivity contribution >= 4 is 11.9 Å². The lowest BCUT2D eigenvalue weighted by molar-refractivity contribution is -0.146. The molecule has 0 bridgehead atoms. The number of rotatable bonds is 6. The molecule has 2 aromatic rings. The molecule has 154 valence electrons. The van der Waals surface area contributed by atoms with Crippen molar-refractivity contribution in [3.05, 3.63) is 69.3 Å². The van der Waals surface area contributed by atoms with Crippen LogP contribution in [0.4, 0.5) is 0 Å². The van der Waals surface area contributed by atoms with Crippen molar-refractivity contribution in [3.8, 4) is 0 Å². The molecule has 0 saturated heterocycles. The second-order valence-corrected chi connectivity index (χ2v) is 7.59. The number of esters is 1. The molecule has 1 heterocycles. The first kappa shape index (κ1) is 20.8. The molecule has 1 aliphatic carbocycles. The molecule has 1 aliphatic rings. The monoisotopic (exact) mass is 397 g/mol. The number of hydrogen-bond donors (Lipinski definition) is 1. The highest BCUT2D eigenvalue weighted by atomic mass is 16.5. The van der Waals surface area contributed by atoms with Gasteiger partial charge in [-0.2, -0.15) is 0 Å². The Morgan fingerprint density at radius 2 is 1.79 bits per heavy atom. The zero-order valence-electron chi connectivity index (χ0n) is 16.9. The average molecular weight is 397 g/mol. The van der Waals surface area contributed by atoms with Gasteiger partial charge >= 0.3 is 11.6 Å². The highest BCUT2D eigenvalue weighted by Gasteiger charge is 2.28. The lowest BCUT2D eigenvalue weighted by Gasteiger charge is -2.27. The van der Waals surface area contributed by atoms with Crippen LogP contribution >= 0.6 is 0 Å². The summed E-state index contributed by atoms with van der Waals surface area (Å²) in [5.74, 6) is -0.139. The molecule has 0 radical (unpaired) electrons. The maximum Gasteiger partial charge on any atom is 0.349 e. The Labute approximate surface area is 170 Å². The first-order valence-electron chi connectivity index (χ1n) is 10.0. The summed E-state index contributed by atoms with van der Waals surface area (Å²) >= 11 is 0. The number of ether oxygens (including phenoxy) is 1. The Kier molecular flexibility index (Phi) is 6.86. The van der Waals surface area contributed by atoms with Crippen molar-refractivity contribution in [2.24, 2.45) is 5.92 Å². The zero-order chi connectivity index (χ0) is 20.8. The minimum atomic E-state index is -0.603. The molecule has 6 heteroatoms. The van der Waals surface area contributed by atoms with Crippen LogP contribution in [0.2, 0.25) is 0 Å². The van der Waals surface area contributed by atoms with E-state index in [2.05, 4.69) is 5.32 Å². The molecule has 1 aromatic heterocycles. The second kappa shape index (κ2) is 9.54. The van der Waals surface area contributed by atoms with Gasteiger partial charge in [-0.1, -0.05) is 30.3 Å². The molecule has 0 unspecified atom stereocenters. The minimum Gasteiger partial charge on any atom is -0.469 e. The predicted octanol–water partition coefficient (Wildman–Crippen LogP) is 3.20. The fourth-order valence-corrected chi connectivity index (χ4v) is 3.88. The van der Waals surface area contributed by atoms with Crippen molar-refractivity contribution < 1.29 is 18.7 Å². The van der Waals surface area contributed by atoms with Crippen LogP contribution in [0.15, 0.2) is 45.6 Å². The largest absolute Gasteiger partial charge is 0.469 e. The van der Waals surface area contributed by atoms with Gasteiger partial charge in [0.2, 0.25) is 0 Å². The number of hydrogen-bond acceptors (Lipinski definition) is 5. The smallest absolute Gasteiger partial charge is 0.349 e. The molecule has 1 fully saturated rings. The minimum absolute atomic E-state index is 0.0556. The van der Waals surface area contributed by atoms with Gasteiger partial charge in [0.25, 0.3) is 5.91 Å². The van der Waals surface area contributed by atoms with E-state index in [-0.39, 0.29) is 23.5 Å². The average Bonchev–Trinajstić information content (AvgIpc) is 2.72. The van der Waals surface area contributed by atoms with E-state index in [1.807, 2.05) is 30.3 Å². The van der Waals surface area contributed by atoms with Crippen molar-refractivity contribution in [3.63, 3.8) is 0 Å². The van der Waals surface area contributed by atoms with Gasteiger partial charge in [-0.05, 0) is 56.2 Å². The summed E-state index contributed by atoms with van der Waals surface area (Å²) in [5.41, 5.74) is 1.24. The molecule has 29 heavy (non-hydrogen) atoms. The maximum atomic E-state index is 12.7. The summed E-state index contributed by atoms with van der Waals surface area (Å²) in [6.45, 7) is 1.76. The third-order valence-corrected chi connectivity index (χ3v) is 5.53. The molecule has 0 atom stereocenters. The van der Waals surface area contributed by atoms with E-state index in [4.69, 9.17) is 9.15 Å². The van der Waals surface area contributed by atoms with Gasteiger partial charge < -0.3 is 14.5 Å². The van der Waals surface area contributed by atoms with E-state index in [0.717, 1.165) is 12.0 Å². The maximum absolute atomic E-state index is 12.7. The highest BCUT2D eigenvalue weighted by molar-refractivity contribution is 5.95. The van der Waals surface area contributed by atoms with Crippen molar-refractivity contribution in [1.82, 2.24) is 5.32 Å². The first-order valence-corrected chi connectivity index (χ1v) is 10.0. The van der Waals surface area contributed by atoms with Gasteiger partial charge in [0, 0.05) is 12.5 Å². The van der Waals surface area contributed by atoms with Gasteiger partial charge in [-0.15, -0.1) is 0 Å². The standard InChI is InChI=1S/C23H27NO5/c1-15-14-19(13-8-16-6-4-3-5-7-16)29-23(27)20(15)21(25)24-18-11-9-17(10-12-18)22(26)28-2/h3-7,14,17-18H,8-13H2,1-2H3,(H,24,25). The number of carbonyl (C=O) groups excluding carboxylic acids is 2. The zero-order valence-corrected chi connectivity index (χ0v) is 16.9. The first-order chi connectivity index (χ1) is 14.0. The van der Waals surface area contributed by atoms with Crippen LogP contribution in [0.25, 0.3) is 0 Å². The molecule has 1 amide bonds. The summed E-state index contributed by atoms with van der Waals surface area (Å²) < 4.78 is 10.2. The van der Waals surface area contributed by atoms with Gasteiger partial charge in [-0.3, -0.25) is 9.59 Å². The quantitative estimate of drug-likeness (QED) is 0.757. The van der Waals surface area contributed by atoms with Crippen molar-refractivity contribution in [2.75, 3.05) is 7.11 Å². The normalized spacial score (nSPS) is 18.8. The summed E-state index contributed by atoms with van der Waals surface area (Å²) in [6.07, 6.45) is 4.07. The van der Waals surface area contributed by atoms with Crippen LogP contribution in [0.5, 0.6) is 0 Å². The van der Waals surface area contributed by atoms with Crippen molar-refractivity contribution in [2.45, 2.75) is 51.5 Å². The predicted molar refractivity (Wildman–Crippen MR) is 109 cm³/mol. The molecule has 1 saturated carbocycles. The molecular weight excluding hydrogens is 370 g/mol. The lowest BCUT2D eigenvalue weighted by atomic mass is 9.86. The molecule has 3 rings (SSSR count). The molecule has 0 spiro atoms. The van der Waals surface area contributed by atoms with Crippen LogP contribution in [-0.2, 0) is 22.4 Å². The molecule has 0 aliphatic heterocycles. The number of aryl methyl sites for hydroxylation is 3. The van der Waals surface area contributed by atoms with E-state index in [9.17, 15) is 14.4 Å². The Morgan fingerprint density at radius 3 is 2.41 bits per heavy atom. The Morgan fingerprint density at radius 1 is 1.10 bits per heavy atom. The molecular formula is C23H27NO5. The van der Waals surface area contributed by atoms with E-state index in [0.29, 0.717) is 43.4 Å². The second-order valence-electron chi connectivity index (χ2n) is 7.59. The molecule has 1 aromatic carbocycles. The van der Waals surface area contributed by atoms with Crippen LogP contribution in [0.1, 0.15) is 52.9 Å². The molecule has 1 N–H and O–H groups in total. The van der Waals surface area contributed by atoms with Crippen LogP contribution in [-0.4, -0.2) is 25.0 Å². The Bertz CT molecular complexity index is 911. The fraction of sp³-hybridized carbons (Fsp3) is 0.435. The van der Waals surface area contributed by atoms with Crippen LogP contribution in [0, 0.1) is 12.8 Å². The number of nitrogens with one attached hydrogen (secondary N) is 1. The third-order valence-electron chi connectivity index (χ3n) is 5.53. The van der Waals surface area contributed by atoms with E-state index in [1.54, 1.807) is 13.0 Å². The number of amides is 1. The fourth-order valence-electron chi connectivity index (χ4n) is 3.88. The Balaban J connectivity index is 1.61. The van der Waals surface area contributed by atoms with Gasteiger partial charge in [0.1, 0.15) is 11.3 Å². The summed E-state index contributed by atoms with van der Waals surface area (Å²) in [5, 5.41) is 2.92. The highest BCUT2D eigenvalue weighted by Crippen LogP contribution is 2.25. The number of methoxy groups -OCH3 is 1. The Hall–Kier alpha value is -2.89. The summed E-state index contributed by atoms with van der Waals surface area (Å²) in [7, 11) is 1.39. The lowest BCUT2D eigenvalue weighted by Crippen LogP contribution is -2.40. The SMILES string of the molecule is COC(=O)C1CCC(NC(=O)c2c(C)cc(CCc3ccccc3)oc2=O)CC1. The van der Waals surface area contributed by atoms with Gasteiger partial charge in [0.15, 0.2) is 0 Å². The van der Waals surface area contributed by atoms with E-state index < -0.39 is 11.5 Å². The van der Waals surface area contributed by atoms with Crippen molar-refractivity contribution in [1.29, 1.82) is 0 Å². The van der Waals surface area contributed by atoms with Gasteiger partial charge in [0.05, 0.1) is 13.0 Å². The topological polar surface area (TPSA) is 85.6 Å². The van der Waals surface area contributed by atoms with E-state index >= 15 is 0 Å². The number of carbonyl (C=O) groups is 2.